The van der Waals surface area contributed by atoms with Gasteiger partial charge in [-0.2, -0.15) is 0 Å². The number of amides is 1. The van der Waals surface area contributed by atoms with Crippen LogP contribution in [0.1, 0.15) is 42.7 Å². The van der Waals surface area contributed by atoms with Crippen molar-refractivity contribution in [1.82, 2.24) is 14.7 Å². The predicted molar refractivity (Wildman–Crippen MR) is 99.5 cm³/mol. The predicted octanol–water partition coefficient (Wildman–Crippen LogP) is 2.97. The lowest BCUT2D eigenvalue weighted by molar-refractivity contribution is 0.0937. The molecule has 0 saturated heterocycles. The molecule has 0 aliphatic heterocycles. The molecular formula is C20H21N3O3. The van der Waals surface area contributed by atoms with Crippen LogP contribution in [0.2, 0.25) is 0 Å². The molecule has 0 aliphatic carbocycles. The first-order valence-corrected chi connectivity index (χ1v) is 8.49. The van der Waals surface area contributed by atoms with E-state index in [2.05, 4.69) is 10.3 Å². The SMILES string of the molecule is CC(C)Oc1cccc([C@@H](C)NC(=O)c2cnc3ccccn3c2=O)c1. The summed E-state index contributed by atoms with van der Waals surface area (Å²) in [5.41, 5.74) is 1.01. The quantitative estimate of drug-likeness (QED) is 0.767. The van der Waals surface area contributed by atoms with Crippen LogP contribution in [0.3, 0.4) is 0 Å². The summed E-state index contributed by atoms with van der Waals surface area (Å²) in [6.07, 6.45) is 2.98. The van der Waals surface area contributed by atoms with Gasteiger partial charge in [0.25, 0.3) is 11.5 Å². The lowest BCUT2D eigenvalue weighted by atomic mass is 10.1. The van der Waals surface area contributed by atoms with E-state index in [-0.39, 0.29) is 17.7 Å². The Balaban J connectivity index is 1.82. The fraction of sp³-hybridized carbons (Fsp3) is 0.250. The Labute approximate surface area is 151 Å². The maximum absolute atomic E-state index is 12.6. The highest BCUT2D eigenvalue weighted by atomic mass is 16.5. The third-order valence-electron chi connectivity index (χ3n) is 3.94. The number of pyridine rings is 1. The highest BCUT2D eigenvalue weighted by molar-refractivity contribution is 5.94. The smallest absolute Gasteiger partial charge is 0.270 e. The molecule has 1 aromatic carbocycles. The summed E-state index contributed by atoms with van der Waals surface area (Å²) < 4.78 is 7.04. The molecule has 2 aromatic heterocycles. The Morgan fingerprint density at radius 2 is 1.96 bits per heavy atom. The van der Waals surface area contributed by atoms with Crippen LogP contribution in [0.25, 0.3) is 5.65 Å². The highest BCUT2D eigenvalue weighted by Crippen LogP contribution is 2.20. The summed E-state index contributed by atoms with van der Waals surface area (Å²) in [4.78, 5) is 29.2. The molecule has 2 heterocycles. The van der Waals surface area contributed by atoms with Crippen LogP contribution in [0.15, 0.2) is 59.7 Å². The number of aromatic nitrogens is 2. The van der Waals surface area contributed by atoms with Crippen molar-refractivity contribution in [2.75, 3.05) is 0 Å². The van der Waals surface area contributed by atoms with E-state index in [0.717, 1.165) is 11.3 Å². The Bertz CT molecular complexity index is 995. The molecular weight excluding hydrogens is 330 g/mol. The second-order valence-electron chi connectivity index (χ2n) is 6.34. The Morgan fingerprint density at radius 1 is 1.15 bits per heavy atom. The van der Waals surface area contributed by atoms with Crippen molar-refractivity contribution in [1.29, 1.82) is 0 Å². The van der Waals surface area contributed by atoms with Crippen molar-refractivity contribution in [2.24, 2.45) is 0 Å². The lowest BCUT2D eigenvalue weighted by Crippen LogP contribution is -2.33. The molecule has 0 bridgehead atoms. The van der Waals surface area contributed by atoms with Gasteiger partial charge in [0.2, 0.25) is 0 Å². The molecule has 6 heteroatoms. The molecule has 3 aromatic rings. The first-order chi connectivity index (χ1) is 12.5. The fourth-order valence-electron chi connectivity index (χ4n) is 2.67. The number of hydrogen-bond donors (Lipinski definition) is 1. The number of carbonyl (C=O) groups excluding carboxylic acids is 1. The molecule has 134 valence electrons. The second kappa shape index (κ2) is 7.39. The maximum Gasteiger partial charge on any atom is 0.270 e. The summed E-state index contributed by atoms with van der Waals surface area (Å²) >= 11 is 0. The topological polar surface area (TPSA) is 72.7 Å². The number of carbonyl (C=O) groups is 1. The van der Waals surface area contributed by atoms with Crippen molar-refractivity contribution < 1.29 is 9.53 Å². The molecule has 0 saturated carbocycles. The minimum Gasteiger partial charge on any atom is -0.491 e. The Hall–Kier alpha value is -3.15. The van der Waals surface area contributed by atoms with Gasteiger partial charge in [0.1, 0.15) is 17.0 Å². The van der Waals surface area contributed by atoms with Gasteiger partial charge in [-0.15, -0.1) is 0 Å². The summed E-state index contributed by atoms with van der Waals surface area (Å²) in [5, 5.41) is 2.85. The third kappa shape index (κ3) is 3.74. The Kier molecular flexibility index (Phi) is 5.02. The Morgan fingerprint density at radius 3 is 2.73 bits per heavy atom. The number of nitrogens with zero attached hydrogens (tertiary/aromatic N) is 2. The molecule has 6 nitrogen and oxygen atoms in total. The summed E-state index contributed by atoms with van der Waals surface area (Å²) in [6, 6.07) is 12.5. The molecule has 1 amide bonds. The zero-order valence-corrected chi connectivity index (χ0v) is 15.0. The standard InChI is InChI=1S/C20H21N3O3/c1-13(2)26-16-8-6-7-15(11-16)14(3)22-19(24)17-12-21-18-9-4-5-10-23(18)20(17)25/h4-14H,1-3H3,(H,22,24)/t14-/m1/s1. The fourth-order valence-corrected chi connectivity index (χ4v) is 2.67. The van der Waals surface area contributed by atoms with Crippen LogP contribution in [0.5, 0.6) is 5.75 Å². The number of benzene rings is 1. The summed E-state index contributed by atoms with van der Waals surface area (Å²) in [6.45, 7) is 5.77. The number of ether oxygens (including phenoxy) is 1. The van der Waals surface area contributed by atoms with Crippen LogP contribution < -0.4 is 15.6 Å². The molecule has 0 spiro atoms. The van der Waals surface area contributed by atoms with Gasteiger partial charge in [-0.05, 0) is 50.6 Å². The van der Waals surface area contributed by atoms with Crippen LogP contribution in [0, 0.1) is 0 Å². The molecule has 1 atom stereocenters. The zero-order chi connectivity index (χ0) is 18.7. The van der Waals surface area contributed by atoms with Crippen molar-refractivity contribution in [3.8, 4) is 5.75 Å². The van der Waals surface area contributed by atoms with E-state index in [1.165, 1.54) is 10.6 Å². The highest BCUT2D eigenvalue weighted by Gasteiger charge is 2.16. The van der Waals surface area contributed by atoms with Crippen LogP contribution in [-0.4, -0.2) is 21.4 Å². The third-order valence-corrected chi connectivity index (χ3v) is 3.94. The summed E-state index contributed by atoms with van der Waals surface area (Å²) in [5.74, 6) is 0.287. The van der Waals surface area contributed by atoms with E-state index in [4.69, 9.17) is 4.74 Å². The van der Waals surface area contributed by atoms with Gasteiger partial charge in [-0.25, -0.2) is 4.98 Å². The number of nitrogens with one attached hydrogen (secondary N) is 1. The molecule has 1 N–H and O–H groups in total. The molecule has 0 fully saturated rings. The number of rotatable bonds is 5. The van der Waals surface area contributed by atoms with Crippen molar-refractivity contribution in [3.05, 3.63) is 76.3 Å². The van der Waals surface area contributed by atoms with Gasteiger partial charge in [0.15, 0.2) is 0 Å². The van der Waals surface area contributed by atoms with E-state index in [1.54, 1.807) is 24.4 Å². The first-order valence-electron chi connectivity index (χ1n) is 8.49. The van der Waals surface area contributed by atoms with Crippen LogP contribution >= 0.6 is 0 Å². The number of fused-ring (bicyclic) bond motifs is 1. The van der Waals surface area contributed by atoms with Gasteiger partial charge < -0.3 is 10.1 Å². The molecule has 0 unspecified atom stereocenters. The molecule has 0 radical (unpaired) electrons. The zero-order valence-electron chi connectivity index (χ0n) is 15.0. The van der Waals surface area contributed by atoms with Crippen LogP contribution in [-0.2, 0) is 0 Å². The van der Waals surface area contributed by atoms with Gasteiger partial charge in [-0.1, -0.05) is 18.2 Å². The molecule has 26 heavy (non-hydrogen) atoms. The normalized spacial score (nSPS) is 12.2. The monoisotopic (exact) mass is 351 g/mol. The summed E-state index contributed by atoms with van der Waals surface area (Å²) in [7, 11) is 0. The van der Waals surface area contributed by atoms with Crippen molar-refractivity contribution in [2.45, 2.75) is 32.9 Å². The van der Waals surface area contributed by atoms with E-state index in [0.29, 0.717) is 5.65 Å². The lowest BCUT2D eigenvalue weighted by Gasteiger charge is -2.16. The van der Waals surface area contributed by atoms with Crippen molar-refractivity contribution in [3.63, 3.8) is 0 Å². The maximum atomic E-state index is 12.6. The van der Waals surface area contributed by atoms with E-state index >= 15 is 0 Å². The van der Waals surface area contributed by atoms with E-state index in [1.807, 2.05) is 45.0 Å². The van der Waals surface area contributed by atoms with Crippen molar-refractivity contribution >= 4 is 11.6 Å². The average molecular weight is 351 g/mol. The largest absolute Gasteiger partial charge is 0.491 e. The van der Waals surface area contributed by atoms with E-state index in [9.17, 15) is 9.59 Å². The van der Waals surface area contributed by atoms with E-state index < -0.39 is 11.5 Å². The first kappa shape index (κ1) is 17.7. The van der Waals surface area contributed by atoms with Gasteiger partial charge in [-0.3, -0.25) is 14.0 Å². The van der Waals surface area contributed by atoms with Crippen LogP contribution in [0.4, 0.5) is 0 Å². The molecule has 3 rings (SSSR count). The van der Waals surface area contributed by atoms with Gasteiger partial charge in [0, 0.05) is 12.4 Å². The molecule has 0 aliphatic rings. The minimum atomic E-state index is -0.455. The number of hydrogen-bond acceptors (Lipinski definition) is 4. The minimum absolute atomic E-state index is 0.00938. The second-order valence-corrected chi connectivity index (χ2v) is 6.34. The average Bonchev–Trinajstić information content (AvgIpc) is 2.61. The van der Waals surface area contributed by atoms with Gasteiger partial charge >= 0.3 is 0 Å². The van der Waals surface area contributed by atoms with Gasteiger partial charge in [0.05, 0.1) is 12.1 Å².